The summed E-state index contributed by atoms with van der Waals surface area (Å²) in [5, 5.41) is 4.65. The van der Waals surface area contributed by atoms with Crippen LogP contribution in [0.1, 0.15) is 37.6 Å². The molecule has 0 bridgehead atoms. The second-order valence-corrected chi connectivity index (χ2v) is 7.06. The molecule has 1 fully saturated rings. The zero-order chi connectivity index (χ0) is 14.5. The van der Waals surface area contributed by atoms with Gasteiger partial charge >= 0.3 is 0 Å². The van der Waals surface area contributed by atoms with E-state index in [4.69, 9.17) is 0 Å². The average molecular weight is 296 g/mol. The molecule has 114 valence electrons. The molecule has 2 rings (SSSR count). The predicted molar refractivity (Wildman–Crippen MR) is 87.7 cm³/mol. The Balaban J connectivity index is 1.87. The number of anilines is 1. The van der Waals surface area contributed by atoms with E-state index < -0.39 is 0 Å². The van der Waals surface area contributed by atoms with Crippen molar-refractivity contribution in [2.24, 2.45) is 5.92 Å². The maximum absolute atomic E-state index is 4.62. The molecule has 0 amide bonds. The van der Waals surface area contributed by atoms with Gasteiger partial charge in [0.05, 0.1) is 0 Å². The minimum atomic E-state index is 0.414. The Hall–Kier alpha value is -0.650. The molecule has 1 aliphatic heterocycles. The fourth-order valence-electron chi connectivity index (χ4n) is 2.85. The van der Waals surface area contributed by atoms with Crippen molar-refractivity contribution in [2.75, 3.05) is 45.2 Å². The molecule has 1 saturated heterocycles. The van der Waals surface area contributed by atoms with E-state index in [1.165, 1.54) is 29.4 Å². The minimum absolute atomic E-state index is 0.414. The molecule has 1 aromatic rings. The average Bonchev–Trinajstić information content (AvgIpc) is 2.89. The first-order valence-electron chi connectivity index (χ1n) is 7.69. The molecule has 5 heteroatoms. The first-order valence-corrected chi connectivity index (χ1v) is 8.50. The highest BCUT2D eigenvalue weighted by molar-refractivity contribution is 7.15. The van der Waals surface area contributed by atoms with Gasteiger partial charge in [0.15, 0.2) is 5.13 Å². The van der Waals surface area contributed by atoms with Crippen molar-refractivity contribution in [1.82, 2.24) is 15.2 Å². The highest BCUT2D eigenvalue weighted by Crippen LogP contribution is 2.30. The van der Waals surface area contributed by atoms with Gasteiger partial charge in [-0.1, -0.05) is 6.92 Å². The van der Waals surface area contributed by atoms with Crippen molar-refractivity contribution in [1.29, 1.82) is 0 Å². The number of thiazole rings is 1. The van der Waals surface area contributed by atoms with E-state index in [0.29, 0.717) is 6.04 Å². The second kappa shape index (κ2) is 7.38. The zero-order valence-electron chi connectivity index (χ0n) is 13.2. The fourth-order valence-corrected chi connectivity index (χ4v) is 3.85. The van der Waals surface area contributed by atoms with Crippen LogP contribution < -0.4 is 10.2 Å². The molecule has 0 aromatic carbocycles. The quantitative estimate of drug-likeness (QED) is 0.874. The lowest BCUT2D eigenvalue weighted by atomic mass is 9.97. The lowest BCUT2D eigenvalue weighted by Gasteiger charge is -2.33. The highest BCUT2D eigenvalue weighted by Gasteiger charge is 2.22. The summed E-state index contributed by atoms with van der Waals surface area (Å²) in [6, 6.07) is 0.414. The largest absolute Gasteiger partial charge is 0.348 e. The third-order valence-corrected chi connectivity index (χ3v) is 5.20. The van der Waals surface area contributed by atoms with Crippen molar-refractivity contribution in [3.05, 3.63) is 11.1 Å². The number of piperidine rings is 1. The van der Waals surface area contributed by atoms with Gasteiger partial charge in [-0.2, -0.15) is 0 Å². The molecular weight excluding hydrogens is 268 g/mol. The maximum Gasteiger partial charge on any atom is 0.185 e. The molecule has 1 N–H and O–H groups in total. The minimum Gasteiger partial charge on any atom is -0.348 e. The van der Waals surface area contributed by atoms with Crippen LogP contribution in [0, 0.1) is 5.92 Å². The summed E-state index contributed by atoms with van der Waals surface area (Å²) in [6.45, 7) is 8.89. The summed E-state index contributed by atoms with van der Waals surface area (Å²) in [7, 11) is 4.34. The zero-order valence-corrected chi connectivity index (χ0v) is 14.0. The monoisotopic (exact) mass is 296 g/mol. The standard InChI is InChI=1S/C15H28N4S/c1-5-16-12(2)14-10-17-15(20-14)19-8-6-13(7-9-19)11-18(3)4/h10,12-13,16H,5-9,11H2,1-4H3. The lowest BCUT2D eigenvalue weighted by Crippen LogP contribution is -2.37. The van der Waals surface area contributed by atoms with Crippen LogP contribution in [-0.4, -0.2) is 50.2 Å². The maximum atomic E-state index is 4.62. The highest BCUT2D eigenvalue weighted by atomic mass is 32.1. The normalized spacial score (nSPS) is 18.8. The molecule has 0 spiro atoms. The topological polar surface area (TPSA) is 31.4 Å². The molecule has 0 saturated carbocycles. The van der Waals surface area contributed by atoms with Crippen molar-refractivity contribution in [3.63, 3.8) is 0 Å². The van der Waals surface area contributed by atoms with Gasteiger partial charge in [-0.25, -0.2) is 4.98 Å². The number of aromatic nitrogens is 1. The van der Waals surface area contributed by atoms with E-state index in [2.05, 4.69) is 48.0 Å². The molecule has 1 unspecified atom stereocenters. The first kappa shape index (κ1) is 15.7. The van der Waals surface area contributed by atoms with E-state index in [9.17, 15) is 0 Å². The van der Waals surface area contributed by atoms with Gasteiger partial charge in [-0.15, -0.1) is 11.3 Å². The van der Waals surface area contributed by atoms with Gasteiger partial charge in [-0.05, 0) is 46.3 Å². The summed E-state index contributed by atoms with van der Waals surface area (Å²) < 4.78 is 0. The van der Waals surface area contributed by atoms with Crippen LogP contribution in [0.25, 0.3) is 0 Å². The van der Waals surface area contributed by atoms with E-state index in [1.807, 2.05) is 17.5 Å². The molecule has 1 atom stereocenters. The van der Waals surface area contributed by atoms with Gasteiger partial charge in [0.25, 0.3) is 0 Å². The number of rotatable bonds is 6. The lowest BCUT2D eigenvalue weighted by molar-refractivity contribution is 0.285. The van der Waals surface area contributed by atoms with Gasteiger partial charge in [0, 0.05) is 36.8 Å². The van der Waals surface area contributed by atoms with E-state index in [-0.39, 0.29) is 0 Å². The smallest absolute Gasteiger partial charge is 0.185 e. The van der Waals surface area contributed by atoms with Gasteiger partial charge in [0.2, 0.25) is 0 Å². The molecule has 0 aliphatic carbocycles. The first-order chi connectivity index (χ1) is 9.60. The molecule has 4 nitrogen and oxygen atoms in total. The Kier molecular flexibility index (Phi) is 5.81. The van der Waals surface area contributed by atoms with Crippen molar-refractivity contribution in [2.45, 2.75) is 32.7 Å². The second-order valence-electron chi connectivity index (χ2n) is 6.02. The van der Waals surface area contributed by atoms with Gasteiger partial charge in [0.1, 0.15) is 0 Å². The SMILES string of the molecule is CCNC(C)c1cnc(N2CCC(CN(C)C)CC2)s1. The van der Waals surface area contributed by atoms with Crippen LogP contribution >= 0.6 is 11.3 Å². The Labute approximate surface area is 127 Å². The third kappa shape index (κ3) is 4.17. The van der Waals surface area contributed by atoms with Crippen LogP contribution in [0.4, 0.5) is 5.13 Å². The van der Waals surface area contributed by atoms with Crippen LogP contribution in [0.15, 0.2) is 6.20 Å². The Morgan fingerprint density at radius 2 is 2.15 bits per heavy atom. The van der Waals surface area contributed by atoms with Crippen molar-refractivity contribution >= 4 is 16.5 Å². The molecule has 1 aromatic heterocycles. The van der Waals surface area contributed by atoms with Crippen molar-refractivity contribution in [3.8, 4) is 0 Å². The number of nitrogens with zero attached hydrogens (tertiary/aromatic N) is 3. The molecule has 0 radical (unpaired) electrons. The Morgan fingerprint density at radius 1 is 1.45 bits per heavy atom. The predicted octanol–water partition coefficient (Wildman–Crippen LogP) is 2.59. The third-order valence-electron chi connectivity index (χ3n) is 3.96. The molecule has 2 heterocycles. The summed E-state index contributed by atoms with van der Waals surface area (Å²) in [5.41, 5.74) is 0. The van der Waals surface area contributed by atoms with E-state index in [0.717, 1.165) is 25.6 Å². The van der Waals surface area contributed by atoms with Crippen LogP contribution in [0.3, 0.4) is 0 Å². The summed E-state index contributed by atoms with van der Waals surface area (Å²) in [5.74, 6) is 0.848. The molecule has 20 heavy (non-hydrogen) atoms. The summed E-state index contributed by atoms with van der Waals surface area (Å²) in [4.78, 5) is 10.7. The van der Waals surface area contributed by atoms with Crippen molar-refractivity contribution < 1.29 is 0 Å². The molecular formula is C15H28N4S. The Bertz CT molecular complexity index is 396. The number of hydrogen-bond donors (Lipinski definition) is 1. The molecule has 1 aliphatic rings. The van der Waals surface area contributed by atoms with Crippen LogP contribution in [0.5, 0.6) is 0 Å². The van der Waals surface area contributed by atoms with E-state index >= 15 is 0 Å². The van der Waals surface area contributed by atoms with Gasteiger partial charge in [-0.3, -0.25) is 0 Å². The van der Waals surface area contributed by atoms with Crippen LogP contribution in [0.2, 0.25) is 0 Å². The van der Waals surface area contributed by atoms with E-state index in [1.54, 1.807) is 0 Å². The van der Waals surface area contributed by atoms with Gasteiger partial charge < -0.3 is 15.1 Å². The number of nitrogens with one attached hydrogen (secondary N) is 1. The summed E-state index contributed by atoms with van der Waals surface area (Å²) >= 11 is 1.84. The van der Waals surface area contributed by atoms with Crippen LogP contribution in [-0.2, 0) is 0 Å². The number of hydrogen-bond acceptors (Lipinski definition) is 5. The fraction of sp³-hybridized carbons (Fsp3) is 0.800. The summed E-state index contributed by atoms with van der Waals surface area (Å²) in [6.07, 6.45) is 4.62. The Morgan fingerprint density at radius 3 is 2.75 bits per heavy atom.